The molecule has 53 heavy (non-hydrogen) atoms. The van der Waals surface area contributed by atoms with Gasteiger partial charge in [0.2, 0.25) is 0 Å². The van der Waals surface area contributed by atoms with Crippen molar-refractivity contribution in [2.24, 2.45) is 0 Å². The molecule has 0 heterocycles. The van der Waals surface area contributed by atoms with Crippen LogP contribution in [0.15, 0.2) is 182 Å². The van der Waals surface area contributed by atoms with Crippen LogP contribution < -0.4 is 0 Å². The average molecular weight is 781 g/mol. The van der Waals surface area contributed by atoms with Crippen LogP contribution in [0.4, 0.5) is 0 Å². The molecular weight excluding hydrogens is 748 g/mol. The molecular formula is C45H33Fe2O6. The van der Waals surface area contributed by atoms with Crippen molar-refractivity contribution >= 4 is 34.7 Å². The van der Waals surface area contributed by atoms with Crippen LogP contribution in [0.2, 0.25) is 0 Å². The summed E-state index contributed by atoms with van der Waals surface area (Å²) in [5.41, 5.74) is 3.15. The van der Waals surface area contributed by atoms with Gasteiger partial charge in [0.1, 0.15) is 0 Å². The molecule has 0 spiro atoms. The van der Waals surface area contributed by atoms with E-state index >= 15 is 0 Å². The number of carbonyl (C=O) groups excluding carboxylic acids is 6. The maximum Gasteiger partial charge on any atom is 3.00 e. The first kappa shape index (κ1) is 43.2. The third-order valence-corrected chi connectivity index (χ3v) is 7.14. The number of ketones is 6. The molecule has 0 fully saturated rings. The number of carbonyl (C=O) groups is 6. The molecule has 265 valence electrons. The molecule has 0 aliphatic rings. The molecule has 0 bridgehead atoms. The second kappa shape index (κ2) is 23.5. The fraction of sp³-hybridized carbons (Fsp3) is 0. The summed E-state index contributed by atoms with van der Waals surface area (Å²) in [5, 5.41) is 0. The maximum atomic E-state index is 11.8. The summed E-state index contributed by atoms with van der Waals surface area (Å²) in [6, 6.07) is 52.5. The van der Waals surface area contributed by atoms with Crippen molar-refractivity contribution < 1.29 is 62.9 Å². The summed E-state index contributed by atoms with van der Waals surface area (Å²) >= 11 is 0. The van der Waals surface area contributed by atoms with E-state index in [2.05, 4.69) is 0 Å². The standard InChI is InChI=1S/3C15H11O2.2Fe/c3*16-14(12-7-3-1-4-8-12)11-15(17)13-9-5-2-6-10-13;;/h3*1-11H;;/q3*-1;;+3. The molecule has 6 rings (SSSR count). The van der Waals surface area contributed by atoms with E-state index in [1.807, 2.05) is 36.4 Å². The number of hydrogen-bond acceptors (Lipinski definition) is 6. The number of Topliss-reactive ketones (excluding diaryl/α,β-unsaturated/α-hetero) is 6. The molecule has 0 N–H and O–H groups in total. The van der Waals surface area contributed by atoms with Crippen LogP contribution >= 0.6 is 0 Å². The SMILES string of the molecule is O=C([CH-]C(=O)c1ccccc1)c1ccccc1.O=C([CH-]C(=O)c1ccccc1)c1ccccc1.O=C([CH-]C(=O)c1ccccc1)c1ccccc1.[Fe+3].[Fe]. The topological polar surface area (TPSA) is 102 Å². The third-order valence-electron chi connectivity index (χ3n) is 7.14. The van der Waals surface area contributed by atoms with E-state index in [1.54, 1.807) is 146 Å². The Balaban J connectivity index is 0.000000270. The van der Waals surface area contributed by atoms with Crippen molar-refractivity contribution in [3.05, 3.63) is 235 Å². The Bertz CT molecular complexity index is 1650. The van der Waals surface area contributed by atoms with Gasteiger partial charge in [-0.3, -0.25) is 0 Å². The van der Waals surface area contributed by atoms with Crippen LogP contribution in [-0.4, -0.2) is 34.7 Å². The molecule has 0 saturated carbocycles. The van der Waals surface area contributed by atoms with Gasteiger partial charge in [-0.2, -0.15) is 0 Å². The molecule has 0 aliphatic heterocycles. The van der Waals surface area contributed by atoms with Gasteiger partial charge in [0, 0.05) is 17.1 Å². The zero-order valence-electron chi connectivity index (χ0n) is 28.2. The summed E-state index contributed by atoms with van der Waals surface area (Å²) in [7, 11) is 0. The monoisotopic (exact) mass is 781 g/mol. The zero-order chi connectivity index (χ0) is 36.3. The first-order chi connectivity index (χ1) is 24.8. The molecule has 0 aliphatic carbocycles. The van der Waals surface area contributed by atoms with Crippen molar-refractivity contribution in [1.82, 2.24) is 0 Å². The van der Waals surface area contributed by atoms with Crippen LogP contribution in [-0.2, 0) is 34.1 Å². The Morgan fingerprint density at radius 3 is 0.472 bits per heavy atom. The summed E-state index contributed by atoms with van der Waals surface area (Å²) in [4.78, 5) is 70.5. The quantitative estimate of drug-likeness (QED) is 0.0532. The van der Waals surface area contributed by atoms with Crippen LogP contribution in [0.5, 0.6) is 0 Å². The Hall–Kier alpha value is -6.01. The van der Waals surface area contributed by atoms with Gasteiger partial charge in [0.25, 0.3) is 0 Å². The van der Waals surface area contributed by atoms with Gasteiger partial charge in [0.15, 0.2) is 0 Å². The van der Waals surface area contributed by atoms with E-state index in [-0.39, 0.29) is 68.8 Å². The Labute approximate surface area is 330 Å². The molecule has 0 aromatic heterocycles. The Morgan fingerprint density at radius 1 is 0.245 bits per heavy atom. The molecule has 0 unspecified atom stereocenters. The van der Waals surface area contributed by atoms with E-state index < -0.39 is 0 Å². The van der Waals surface area contributed by atoms with Gasteiger partial charge >= 0.3 is 17.1 Å². The van der Waals surface area contributed by atoms with Crippen LogP contribution in [0, 0.1) is 19.3 Å². The van der Waals surface area contributed by atoms with Gasteiger partial charge < -0.3 is 28.8 Å². The van der Waals surface area contributed by atoms with Crippen LogP contribution in [0.1, 0.15) is 62.1 Å². The first-order valence-corrected chi connectivity index (χ1v) is 15.9. The van der Waals surface area contributed by atoms with Crippen LogP contribution in [0.3, 0.4) is 0 Å². The largest absolute Gasteiger partial charge is 3.00 e. The predicted octanol–water partition coefficient (Wildman–Crippen LogP) is 8.86. The molecule has 8 heteroatoms. The molecule has 6 aromatic carbocycles. The zero-order valence-corrected chi connectivity index (χ0v) is 30.4. The van der Waals surface area contributed by atoms with Gasteiger partial charge in [-0.25, -0.2) is 0 Å². The van der Waals surface area contributed by atoms with E-state index in [9.17, 15) is 28.8 Å². The fourth-order valence-corrected chi connectivity index (χ4v) is 4.47. The molecule has 0 atom stereocenters. The van der Waals surface area contributed by atoms with Gasteiger partial charge in [-0.1, -0.05) is 162 Å². The van der Waals surface area contributed by atoms with E-state index in [4.69, 9.17) is 0 Å². The van der Waals surface area contributed by atoms with Crippen LogP contribution in [0.25, 0.3) is 0 Å². The molecule has 1 radical (unpaired) electrons. The van der Waals surface area contributed by atoms with Gasteiger partial charge in [-0.15, -0.1) is 72.8 Å². The normalized spacial score (nSPS) is 9.28. The van der Waals surface area contributed by atoms with E-state index in [0.29, 0.717) is 33.4 Å². The van der Waals surface area contributed by atoms with Crippen molar-refractivity contribution in [2.45, 2.75) is 0 Å². The second-order valence-electron chi connectivity index (χ2n) is 10.8. The van der Waals surface area contributed by atoms with Gasteiger partial charge in [-0.05, 0) is 0 Å². The van der Waals surface area contributed by atoms with Gasteiger partial charge in [0.05, 0.1) is 34.7 Å². The Morgan fingerprint density at radius 2 is 0.358 bits per heavy atom. The maximum absolute atomic E-state index is 11.8. The van der Waals surface area contributed by atoms with E-state index in [1.165, 1.54) is 0 Å². The minimum absolute atomic E-state index is 0. The molecule has 6 nitrogen and oxygen atoms in total. The number of benzene rings is 6. The first-order valence-electron chi connectivity index (χ1n) is 15.9. The molecule has 0 saturated heterocycles. The van der Waals surface area contributed by atoms with Crippen molar-refractivity contribution in [3.63, 3.8) is 0 Å². The van der Waals surface area contributed by atoms with Crippen molar-refractivity contribution in [3.8, 4) is 0 Å². The predicted molar refractivity (Wildman–Crippen MR) is 198 cm³/mol. The smallest absolute Gasteiger partial charge is 0.318 e. The van der Waals surface area contributed by atoms with Crippen molar-refractivity contribution in [2.75, 3.05) is 0 Å². The summed E-state index contributed by atoms with van der Waals surface area (Å²) in [5.74, 6) is -1.59. The minimum Gasteiger partial charge on any atom is -0.318 e. The summed E-state index contributed by atoms with van der Waals surface area (Å²) in [6.07, 6.45) is 3.39. The van der Waals surface area contributed by atoms with Crippen molar-refractivity contribution in [1.29, 1.82) is 0 Å². The molecule has 0 amide bonds. The number of hydrogen-bond donors (Lipinski definition) is 0. The summed E-state index contributed by atoms with van der Waals surface area (Å²) < 4.78 is 0. The second-order valence-corrected chi connectivity index (χ2v) is 10.8. The number of rotatable bonds is 12. The van der Waals surface area contributed by atoms with E-state index in [0.717, 1.165) is 19.3 Å². The third kappa shape index (κ3) is 14.6. The minimum atomic E-state index is -0.264. The summed E-state index contributed by atoms with van der Waals surface area (Å²) in [6.45, 7) is 0. The molecule has 6 aromatic rings. The average Bonchev–Trinajstić information content (AvgIpc) is 3.20. The fourth-order valence-electron chi connectivity index (χ4n) is 4.47. The Kier molecular flexibility index (Phi) is 19.1.